The van der Waals surface area contributed by atoms with Gasteiger partial charge in [0.25, 0.3) is 5.91 Å². The van der Waals surface area contributed by atoms with E-state index >= 15 is 0 Å². The number of carbonyl (C=O) groups is 2. The van der Waals surface area contributed by atoms with Gasteiger partial charge in [0.2, 0.25) is 5.91 Å². The molecule has 0 aliphatic heterocycles. The average Bonchev–Trinajstić information content (AvgIpc) is 3.53. The molecule has 34 heavy (non-hydrogen) atoms. The molecule has 1 aliphatic carbocycles. The van der Waals surface area contributed by atoms with E-state index in [2.05, 4.69) is 36.1 Å². The second-order valence-electron chi connectivity index (χ2n) is 8.40. The Balaban J connectivity index is 1.53. The molecule has 1 aliphatic rings. The van der Waals surface area contributed by atoms with Crippen LogP contribution in [0, 0.1) is 0 Å². The van der Waals surface area contributed by atoms with E-state index in [0.717, 1.165) is 17.1 Å². The van der Waals surface area contributed by atoms with Crippen LogP contribution in [0.15, 0.2) is 46.5 Å². The summed E-state index contributed by atoms with van der Waals surface area (Å²) >= 11 is 1.33. The van der Waals surface area contributed by atoms with Crippen molar-refractivity contribution in [3.8, 4) is 0 Å². The predicted octanol–water partition coefficient (Wildman–Crippen LogP) is 3.22. The number of aromatic amines is 1. The molecule has 4 rings (SSSR count). The van der Waals surface area contributed by atoms with Crippen molar-refractivity contribution < 1.29 is 9.59 Å². The molecule has 0 atom stereocenters. The van der Waals surface area contributed by atoms with Gasteiger partial charge in [-0.3, -0.25) is 14.7 Å². The lowest BCUT2D eigenvalue weighted by Gasteiger charge is -2.11. The number of hydrogen-bond donors (Lipinski definition) is 4. The summed E-state index contributed by atoms with van der Waals surface area (Å²) in [5.41, 5.74) is 2.08. The van der Waals surface area contributed by atoms with E-state index in [4.69, 9.17) is 0 Å². The fraction of sp³-hybridized carbons (Fsp3) is 0.348. The zero-order chi connectivity index (χ0) is 24.1. The number of amides is 2. The maximum atomic E-state index is 12.8. The van der Waals surface area contributed by atoms with Gasteiger partial charge in [-0.15, -0.1) is 0 Å². The molecular formula is C23H28N8O2S. The second-order valence-corrected chi connectivity index (χ2v) is 9.44. The molecule has 1 aromatic carbocycles. The molecule has 2 amide bonds. The van der Waals surface area contributed by atoms with Crippen molar-refractivity contribution in [1.29, 1.82) is 0 Å². The van der Waals surface area contributed by atoms with E-state index in [1.807, 2.05) is 49.3 Å². The summed E-state index contributed by atoms with van der Waals surface area (Å²) in [6.07, 6.45) is 2.35. The van der Waals surface area contributed by atoms with Gasteiger partial charge in [0.05, 0.1) is 0 Å². The summed E-state index contributed by atoms with van der Waals surface area (Å²) in [6.45, 7) is 2.70. The molecule has 178 valence electrons. The Morgan fingerprint density at radius 1 is 1.12 bits per heavy atom. The SMILES string of the molecule is CC(=O)Nc1ccc(Sc2nc(Nc3cc(C4CC4)[nH]n3)cc(C(=O)NCCN(C)C)n2)cc1. The van der Waals surface area contributed by atoms with Crippen LogP contribution in [0.1, 0.15) is 41.9 Å². The van der Waals surface area contributed by atoms with Crippen LogP contribution in [-0.2, 0) is 4.79 Å². The number of nitrogens with one attached hydrogen (secondary N) is 4. The molecule has 2 aromatic heterocycles. The third-order valence-corrected chi connectivity index (χ3v) is 5.91. The summed E-state index contributed by atoms with van der Waals surface area (Å²) in [4.78, 5) is 35.9. The lowest BCUT2D eigenvalue weighted by Crippen LogP contribution is -2.32. The van der Waals surface area contributed by atoms with Crippen LogP contribution in [0.25, 0.3) is 0 Å². The third kappa shape index (κ3) is 6.78. The minimum Gasteiger partial charge on any atom is -0.349 e. The number of carbonyl (C=O) groups excluding carboxylic acids is 2. The van der Waals surface area contributed by atoms with Crippen molar-refractivity contribution >= 4 is 40.9 Å². The number of likely N-dealkylation sites (N-methyl/N-ethyl adjacent to an activating group) is 1. The van der Waals surface area contributed by atoms with Gasteiger partial charge in [0.1, 0.15) is 11.5 Å². The highest BCUT2D eigenvalue weighted by molar-refractivity contribution is 7.99. The van der Waals surface area contributed by atoms with Crippen LogP contribution in [0.2, 0.25) is 0 Å². The third-order valence-electron chi connectivity index (χ3n) is 5.04. The normalized spacial score (nSPS) is 13.1. The summed E-state index contributed by atoms with van der Waals surface area (Å²) in [6, 6.07) is 11.0. The number of aromatic nitrogens is 4. The molecule has 0 unspecified atom stereocenters. The summed E-state index contributed by atoms with van der Waals surface area (Å²) in [5, 5.41) is 16.6. The molecule has 0 saturated heterocycles. The van der Waals surface area contributed by atoms with E-state index < -0.39 is 0 Å². The standard InChI is InChI=1S/C23H28N8O2S/c1-14(32)25-16-6-8-17(9-7-16)34-23-26-19(22(33)24-10-11-31(2)3)13-20(28-23)27-21-12-18(29-30-21)15-4-5-15/h6-9,12-13,15H,4-5,10-11H2,1-3H3,(H,24,33)(H,25,32)(H2,26,27,28,29,30). The van der Waals surface area contributed by atoms with Crippen molar-refractivity contribution in [2.45, 2.75) is 35.7 Å². The molecule has 2 heterocycles. The molecule has 0 radical (unpaired) electrons. The highest BCUT2D eigenvalue weighted by Gasteiger charge is 2.25. The molecule has 4 N–H and O–H groups in total. The first-order valence-electron chi connectivity index (χ1n) is 11.1. The number of hydrogen-bond acceptors (Lipinski definition) is 8. The molecule has 0 spiro atoms. The highest BCUT2D eigenvalue weighted by atomic mass is 32.2. The lowest BCUT2D eigenvalue weighted by atomic mass is 10.3. The van der Waals surface area contributed by atoms with Crippen LogP contribution in [0.4, 0.5) is 17.3 Å². The number of benzene rings is 1. The fourth-order valence-electron chi connectivity index (χ4n) is 3.19. The van der Waals surface area contributed by atoms with Gasteiger partial charge in [0.15, 0.2) is 11.0 Å². The predicted molar refractivity (Wildman–Crippen MR) is 132 cm³/mol. The highest BCUT2D eigenvalue weighted by Crippen LogP contribution is 2.39. The van der Waals surface area contributed by atoms with E-state index in [1.54, 1.807) is 6.07 Å². The maximum Gasteiger partial charge on any atom is 0.270 e. The first-order chi connectivity index (χ1) is 16.4. The van der Waals surface area contributed by atoms with Crippen molar-refractivity contribution in [3.05, 3.63) is 47.8 Å². The number of nitrogens with zero attached hydrogens (tertiary/aromatic N) is 4. The van der Waals surface area contributed by atoms with Crippen LogP contribution in [0.3, 0.4) is 0 Å². The number of rotatable bonds is 10. The van der Waals surface area contributed by atoms with Crippen molar-refractivity contribution in [2.75, 3.05) is 37.8 Å². The molecule has 0 bridgehead atoms. The number of H-pyrrole nitrogens is 1. The molecule has 10 nitrogen and oxygen atoms in total. The molecule has 1 saturated carbocycles. The first kappa shape index (κ1) is 23.7. The van der Waals surface area contributed by atoms with Gasteiger partial charge >= 0.3 is 0 Å². The molecule has 3 aromatic rings. The monoisotopic (exact) mass is 480 g/mol. The van der Waals surface area contributed by atoms with Crippen molar-refractivity contribution in [2.24, 2.45) is 0 Å². The Bertz CT molecular complexity index is 1160. The number of anilines is 3. The summed E-state index contributed by atoms with van der Waals surface area (Å²) < 4.78 is 0. The minimum absolute atomic E-state index is 0.129. The summed E-state index contributed by atoms with van der Waals surface area (Å²) in [7, 11) is 3.90. The topological polar surface area (TPSA) is 128 Å². The van der Waals surface area contributed by atoms with E-state index in [-0.39, 0.29) is 17.5 Å². The largest absolute Gasteiger partial charge is 0.349 e. The van der Waals surface area contributed by atoms with Crippen LogP contribution < -0.4 is 16.0 Å². The van der Waals surface area contributed by atoms with E-state index in [9.17, 15) is 9.59 Å². The zero-order valence-electron chi connectivity index (χ0n) is 19.4. The Labute approximate surface area is 202 Å². The fourth-order valence-corrected chi connectivity index (χ4v) is 3.96. The zero-order valence-corrected chi connectivity index (χ0v) is 20.2. The van der Waals surface area contributed by atoms with Crippen LogP contribution >= 0.6 is 11.8 Å². The molecule has 1 fully saturated rings. The van der Waals surface area contributed by atoms with Crippen molar-refractivity contribution in [1.82, 2.24) is 30.4 Å². The molecular weight excluding hydrogens is 452 g/mol. The average molecular weight is 481 g/mol. The Morgan fingerprint density at radius 2 is 1.88 bits per heavy atom. The van der Waals surface area contributed by atoms with Crippen LogP contribution in [-0.4, -0.2) is 64.1 Å². The summed E-state index contributed by atoms with van der Waals surface area (Å²) in [5.74, 6) is 1.29. The second kappa shape index (κ2) is 10.7. The maximum absolute atomic E-state index is 12.8. The molecule has 11 heteroatoms. The Kier molecular flexibility index (Phi) is 7.43. The minimum atomic E-state index is -0.268. The lowest BCUT2D eigenvalue weighted by molar-refractivity contribution is -0.114. The van der Waals surface area contributed by atoms with E-state index in [0.29, 0.717) is 34.9 Å². The Hall–Kier alpha value is -3.44. The van der Waals surface area contributed by atoms with Crippen molar-refractivity contribution in [3.63, 3.8) is 0 Å². The van der Waals surface area contributed by atoms with E-state index in [1.165, 1.54) is 31.5 Å². The van der Waals surface area contributed by atoms with Gasteiger partial charge in [-0.05, 0) is 63.0 Å². The smallest absolute Gasteiger partial charge is 0.270 e. The van der Waals surface area contributed by atoms with Gasteiger partial charge < -0.3 is 20.9 Å². The first-order valence-corrected chi connectivity index (χ1v) is 11.9. The van der Waals surface area contributed by atoms with Gasteiger partial charge in [-0.1, -0.05) is 0 Å². The quantitative estimate of drug-likeness (QED) is 0.326. The van der Waals surface area contributed by atoms with Gasteiger partial charge in [-0.25, -0.2) is 9.97 Å². The van der Waals surface area contributed by atoms with Crippen LogP contribution in [0.5, 0.6) is 0 Å². The Morgan fingerprint density at radius 3 is 2.56 bits per heavy atom. The van der Waals surface area contributed by atoms with Gasteiger partial charge in [-0.2, -0.15) is 5.10 Å². The van der Waals surface area contributed by atoms with Gasteiger partial charge in [0, 0.05) is 54.3 Å².